The number of fused-ring (bicyclic) bond motifs is 1. The number of hydrogen-bond donors (Lipinski definition) is 1. The molecule has 0 radical (unpaired) electrons. The number of hydrogen-bond acceptors (Lipinski definition) is 5. The molecular formula is C22H12ClF4NO5. The molecule has 0 saturated heterocycles. The molecule has 0 amide bonds. The predicted molar refractivity (Wildman–Crippen MR) is 110 cm³/mol. The molecule has 33 heavy (non-hydrogen) atoms. The number of carboxylic acids is 1. The highest BCUT2D eigenvalue weighted by atomic mass is 35.5. The monoisotopic (exact) mass is 481 g/mol. The number of carboxylic acid groups (broad SMARTS) is 1. The molecule has 0 aromatic heterocycles. The molecule has 0 fully saturated rings. The van der Waals surface area contributed by atoms with Crippen molar-refractivity contribution in [3.05, 3.63) is 83.5 Å². The molecule has 0 bridgehead atoms. The van der Waals surface area contributed by atoms with Crippen molar-refractivity contribution in [3.63, 3.8) is 0 Å². The molecule has 170 valence electrons. The van der Waals surface area contributed by atoms with Crippen molar-refractivity contribution in [2.45, 2.75) is 6.36 Å². The summed E-state index contributed by atoms with van der Waals surface area (Å²) >= 11 is 5.87. The van der Waals surface area contributed by atoms with E-state index in [2.05, 4.69) is 4.74 Å². The summed E-state index contributed by atoms with van der Waals surface area (Å²) in [6, 6.07) is 13.5. The zero-order chi connectivity index (χ0) is 23.8. The molecule has 11 heteroatoms. The largest absolute Gasteiger partial charge is 0.573 e. The first kappa shape index (κ1) is 22.3. The van der Waals surface area contributed by atoms with E-state index in [0.717, 1.165) is 18.2 Å². The van der Waals surface area contributed by atoms with Crippen LogP contribution < -0.4 is 19.1 Å². The van der Waals surface area contributed by atoms with Crippen molar-refractivity contribution in [2.24, 2.45) is 0 Å². The Balaban J connectivity index is 1.57. The summed E-state index contributed by atoms with van der Waals surface area (Å²) in [5, 5.41) is 9.14. The van der Waals surface area contributed by atoms with Gasteiger partial charge in [-0.2, -0.15) is 0 Å². The molecule has 3 aromatic carbocycles. The van der Waals surface area contributed by atoms with E-state index >= 15 is 0 Å². The summed E-state index contributed by atoms with van der Waals surface area (Å²) in [5.41, 5.74) is 0.808. The summed E-state index contributed by atoms with van der Waals surface area (Å²) in [4.78, 5) is 12.9. The van der Waals surface area contributed by atoms with Crippen LogP contribution in [0.3, 0.4) is 0 Å². The van der Waals surface area contributed by atoms with Crippen molar-refractivity contribution < 1.29 is 41.7 Å². The van der Waals surface area contributed by atoms with Gasteiger partial charge < -0.3 is 24.2 Å². The molecule has 0 unspecified atom stereocenters. The van der Waals surface area contributed by atoms with Gasteiger partial charge in [-0.25, -0.2) is 9.18 Å². The van der Waals surface area contributed by atoms with E-state index in [9.17, 15) is 27.5 Å². The average Bonchev–Trinajstić information content (AvgIpc) is 2.75. The fourth-order valence-corrected chi connectivity index (χ4v) is 3.11. The van der Waals surface area contributed by atoms with Crippen molar-refractivity contribution in [2.75, 3.05) is 4.90 Å². The number of ether oxygens (including phenoxy) is 3. The number of carbonyl (C=O) groups is 1. The Labute approximate surface area is 188 Å². The Hall–Kier alpha value is -3.92. The number of alkyl halides is 3. The number of anilines is 2. The van der Waals surface area contributed by atoms with Gasteiger partial charge in [0, 0.05) is 11.8 Å². The fourth-order valence-electron chi connectivity index (χ4n) is 2.95. The minimum atomic E-state index is -4.79. The Morgan fingerprint density at radius 1 is 0.970 bits per heavy atom. The molecule has 1 aliphatic heterocycles. The molecule has 0 saturated carbocycles. The van der Waals surface area contributed by atoms with Gasteiger partial charge in [0.25, 0.3) is 0 Å². The second-order valence-electron chi connectivity index (χ2n) is 6.62. The molecule has 1 heterocycles. The summed E-state index contributed by atoms with van der Waals surface area (Å²) in [5.74, 6) is -2.33. The maximum absolute atomic E-state index is 13.9. The second kappa shape index (κ2) is 8.55. The summed E-state index contributed by atoms with van der Waals surface area (Å²) in [7, 11) is 0. The minimum Gasteiger partial charge on any atom is -0.475 e. The minimum absolute atomic E-state index is 0.0294. The molecule has 6 nitrogen and oxygen atoms in total. The molecule has 1 N–H and O–H groups in total. The summed E-state index contributed by atoms with van der Waals surface area (Å²) < 4.78 is 65.3. The van der Waals surface area contributed by atoms with E-state index in [0.29, 0.717) is 17.1 Å². The van der Waals surface area contributed by atoms with Crippen molar-refractivity contribution in [1.29, 1.82) is 0 Å². The Morgan fingerprint density at radius 3 is 2.12 bits per heavy atom. The van der Waals surface area contributed by atoms with Crippen LogP contribution in [0, 0.1) is 5.82 Å². The third-order valence-electron chi connectivity index (χ3n) is 4.35. The van der Waals surface area contributed by atoms with Crippen LogP contribution in [0.25, 0.3) is 0 Å². The average molecular weight is 482 g/mol. The maximum Gasteiger partial charge on any atom is 0.573 e. The van der Waals surface area contributed by atoms with E-state index in [-0.39, 0.29) is 22.3 Å². The van der Waals surface area contributed by atoms with Gasteiger partial charge in [-0.05, 0) is 54.6 Å². The van der Waals surface area contributed by atoms with Crippen LogP contribution in [0.1, 0.15) is 0 Å². The smallest absolute Gasteiger partial charge is 0.475 e. The predicted octanol–water partition coefficient (Wildman–Crippen LogP) is 6.63. The standard InChI is InChI=1S/C22H12ClF4NO5/c23-16-9-18-19(10-17(16)24)32-20(21(29)30)11-28(18)12-1-3-13(4-2-12)31-14-5-7-15(8-6-14)33-22(25,26)27/h1-11H,(H,29,30). The lowest BCUT2D eigenvalue weighted by Gasteiger charge is -2.28. The highest BCUT2D eigenvalue weighted by Crippen LogP contribution is 2.42. The number of nitrogens with zero attached hydrogens (tertiary/aromatic N) is 1. The Bertz CT molecular complexity index is 1230. The summed E-state index contributed by atoms with van der Waals surface area (Å²) in [6.07, 6.45) is -3.57. The van der Waals surface area contributed by atoms with Crippen LogP contribution in [0.15, 0.2) is 72.6 Å². The zero-order valence-corrected chi connectivity index (χ0v) is 17.0. The first-order valence-electron chi connectivity index (χ1n) is 9.14. The van der Waals surface area contributed by atoms with E-state index in [4.69, 9.17) is 21.1 Å². The highest BCUT2D eigenvalue weighted by Gasteiger charge is 2.31. The lowest BCUT2D eigenvalue weighted by atomic mass is 10.2. The molecule has 4 rings (SSSR count). The lowest BCUT2D eigenvalue weighted by Crippen LogP contribution is -2.21. The van der Waals surface area contributed by atoms with E-state index < -0.39 is 23.9 Å². The molecular weight excluding hydrogens is 470 g/mol. The normalized spacial score (nSPS) is 13.0. The quantitative estimate of drug-likeness (QED) is 0.413. The SMILES string of the molecule is O=C(O)C1=CN(c2ccc(Oc3ccc(OC(F)(F)F)cc3)cc2)c2cc(Cl)c(F)cc2O1. The number of halogens is 5. The van der Waals surface area contributed by atoms with E-state index in [1.807, 2.05) is 0 Å². The van der Waals surface area contributed by atoms with Gasteiger partial charge >= 0.3 is 12.3 Å². The van der Waals surface area contributed by atoms with Gasteiger partial charge in [0.05, 0.1) is 16.9 Å². The van der Waals surface area contributed by atoms with E-state index in [1.165, 1.54) is 29.3 Å². The van der Waals surface area contributed by atoms with Crippen LogP contribution in [-0.4, -0.2) is 17.4 Å². The molecule has 3 aromatic rings. The zero-order valence-electron chi connectivity index (χ0n) is 16.3. The Kier molecular flexibility index (Phi) is 5.77. The second-order valence-corrected chi connectivity index (χ2v) is 7.03. The van der Waals surface area contributed by atoms with Gasteiger partial charge in [0.1, 0.15) is 23.1 Å². The fraction of sp³-hybridized carbons (Fsp3) is 0.0455. The van der Waals surface area contributed by atoms with Gasteiger partial charge in [0.15, 0.2) is 5.75 Å². The van der Waals surface area contributed by atoms with Crippen LogP contribution >= 0.6 is 11.6 Å². The van der Waals surface area contributed by atoms with Crippen LogP contribution in [0.4, 0.5) is 28.9 Å². The van der Waals surface area contributed by atoms with Crippen molar-refractivity contribution in [1.82, 2.24) is 0 Å². The van der Waals surface area contributed by atoms with Gasteiger partial charge in [0.2, 0.25) is 5.76 Å². The molecule has 1 aliphatic rings. The Morgan fingerprint density at radius 2 is 1.55 bits per heavy atom. The van der Waals surface area contributed by atoms with Crippen molar-refractivity contribution in [3.8, 4) is 23.0 Å². The van der Waals surface area contributed by atoms with Gasteiger partial charge in [-0.3, -0.25) is 0 Å². The number of rotatable bonds is 5. The van der Waals surface area contributed by atoms with E-state index in [1.54, 1.807) is 24.3 Å². The topological polar surface area (TPSA) is 68.2 Å². The van der Waals surface area contributed by atoms with Crippen LogP contribution in [-0.2, 0) is 4.79 Å². The van der Waals surface area contributed by atoms with Gasteiger partial charge in [-0.1, -0.05) is 11.6 Å². The highest BCUT2D eigenvalue weighted by molar-refractivity contribution is 6.31. The lowest BCUT2D eigenvalue weighted by molar-refractivity contribution is -0.274. The van der Waals surface area contributed by atoms with Crippen LogP contribution in [0.2, 0.25) is 5.02 Å². The number of benzene rings is 3. The third kappa shape index (κ3) is 5.12. The molecule has 0 atom stereocenters. The molecule has 0 aliphatic carbocycles. The third-order valence-corrected chi connectivity index (χ3v) is 4.64. The summed E-state index contributed by atoms with van der Waals surface area (Å²) in [6.45, 7) is 0. The van der Waals surface area contributed by atoms with Crippen molar-refractivity contribution >= 4 is 28.9 Å². The first-order valence-corrected chi connectivity index (χ1v) is 9.52. The van der Waals surface area contributed by atoms with Gasteiger partial charge in [-0.15, -0.1) is 13.2 Å². The molecule has 0 spiro atoms. The first-order chi connectivity index (χ1) is 15.6. The maximum atomic E-state index is 13.9. The van der Waals surface area contributed by atoms with Crippen LogP contribution in [0.5, 0.6) is 23.0 Å². The number of aliphatic carboxylic acids is 1.